The quantitative estimate of drug-likeness (QED) is 0.766. The van der Waals surface area contributed by atoms with E-state index in [-0.39, 0.29) is 18.0 Å². The standard InChI is InChI=1S/C13H27N3O/c1-9(2)15-13(17)11(4)16-7-6-12(14-5)10(3)8-16/h9-12,14H,6-8H2,1-5H3,(H,15,17). The van der Waals surface area contributed by atoms with Crippen LogP contribution in [0.2, 0.25) is 0 Å². The van der Waals surface area contributed by atoms with Crippen molar-refractivity contribution in [1.82, 2.24) is 15.5 Å². The minimum atomic E-state index is -0.0161. The topological polar surface area (TPSA) is 44.4 Å². The van der Waals surface area contributed by atoms with E-state index in [9.17, 15) is 4.79 Å². The second kappa shape index (κ2) is 6.36. The van der Waals surface area contributed by atoms with Gasteiger partial charge in [-0.15, -0.1) is 0 Å². The summed E-state index contributed by atoms with van der Waals surface area (Å²) in [6, 6.07) is 0.793. The van der Waals surface area contributed by atoms with Crippen LogP contribution >= 0.6 is 0 Å². The lowest BCUT2D eigenvalue weighted by atomic mass is 9.93. The van der Waals surface area contributed by atoms with Gasteiger partial charge in [0.2, 0.25) is 5.91 Å². The molecule has 1 aliphatic rings. The number of piperidine rings is 1. The molecular weight excluding hydrogens is 214 g/mol. The van der Waals surface area contributed by atoms with E-state index in [4.69, 9.17) is 0 Å². The van der Waals surface area contributed by atoms with Gasteiger partial charge in [-0.3, -0.25) is 9.69 Å². The molecular formula is C13H27N3O. The van der Waals surface area contributed by atoms with Crippen LogP contribution in [0.15, 0.2) is 0 Å². The molecule has 1 saturated heterocycles. The summed E-state index contributed by atoms with van der Waals surface area (Å²) in [5.74, 6) is 0.748. The van der Waals surface area contributed by atoms with Crippen LogP contribution in [0.3, 0.4) is 0 Å². The molecule has 0 aromatic rings. The third-order valence-corrected chi connectivity index (χ3v) is 3.67. The number of nitrogens with one attached hydrogen (secondary N) is 2. The van der Waals surface area contributed by atoms with Gasteiger partial charge in [0.15, 0.2) is 0 Å². The van der Waals surface area contributed by atoms with Crippen molar-refractivity contribution in [2.24, 2.45) is 5.92 Å². The van der Waals surface area contributed by atoms with Gasteiger partial charge in [-0.05, 0) is 40.2 Å². The molecule has 100 valence electrons. The molecule has 17 heavy (non-hydrogen) atoms. The fourth-order valence-corrected chi connectivity index (χ4v) is 2.53. The molecule has 0 aliphatic carbocycles. The molecule has 1 rings (SSSR count). The first-order chi connectivity index (χ1) is 7.95. The van der Waals surface area contributed by atoms with Gasteiger partial charge in [-0.2, -0.15) is 0 Å². The molecule has 0 bridgehead atoms. The first-order valence-electron chi connectivity index (χ1n) is 6.67. The van der Waals surface area contributed by atoms with Crippen molar-refractivity contribution in [1.29, 1.82) is 0 Å². The smallest absolute Gasteiger partial charge is 0.237 e. The number of rotatable bonds is 4. The Kier molecular flexibility index (Phi) is 5.40. The van der Waals surface area contributed by atoms with Crippen molar-refractivity contribution in [3.63, 3.8) is 0 Å². The third-order valence-electron chi connectivity index (χ3n) is 3.67. The van der Waals surface area contributed by atoms with E-state index < -0.39 is 0 Å². The predicted molar refractivity (Wildman–Crippen MR) is 70.9 cm³/mol. The van der Waals surface area contributed by atoms with Crippen molar-refractivity contribution in [3.8, 4) is 0 Å². The van der Waals surface area contributed by atoms with Crippen LogP contribution < -0.4 is 10.6 Å². The van der Waals surface area contributed by atoms with E-state index in [0.29, 0.717) is 12.0 Å². The zero-order valence-electron chi connectivity index (χ0n) is 11.8. The molecule has 1 heterocycles. The molecule has 0 spiro atoms. The Morgan fingerprint density at radius 3 is 2.47 bits per heavy atom. The Hall–Kier alpha value is -0.610. The molecule has 1 fully saturated rings. The molecule has 4 nitrogen and oxygen atoms in total. The molecule has 2 N–H and O–H groups in total. The van der Waals surface area contributed by atoms with E-state index in [2.05, 4.69) is 22.5 Å². The number of hydrogen-bond acceptors (Lipinski definition) is 3. The fourth-order valence-electron chi connectivity index (χ4n) is 2.53. The van der Waals surface area contributed by atoms with Gasteiger partial charge in [0.25, 0.3) is 0 Å². The third kappa shape index (κ3) is 3.96. The summed E-state index contributed by atoms with van der Waals surface area (Å²) in [5, 5.41) is 6.33. The Bertz CT molecular complexity index is 255. The normalized spacial score (nSPS) is 28.1. The van der Waals surface area contributed by atoms with Gasteiger partial charge in [0.05, 0.1) is 6.04 Å². The molecule has 4 heteroatoms. The average Bonchev–Trinajstić information content (AvgIpc) is 2.27. The molecule has 0 saturated carbocycles. The van der Waals surface area contributed by atoms with Crippen molar-refractivity contribution >= 4 is 5.91 Å². The maximum absolute atomic E-state index is 11.9. The molecule has 1 amide bonds. The Morgan fingerprint density at radius 1 is 1.35 bits per heavy atom. The minimum absolute atomic E-state index is 0.0161. The van der Waals surface area contributed by atoms with E-state index in [1.54, 1.807) is 0 Å². The number of carbonyl (C=O) groups excluding carboxylic acids is 1. The molecule has 0 radical (unpaired) electrons. The highest BCUT2D eigenvalue weighted by Gasteiger charge is 2.30. The first-order valence-corrected chi connectivity index (χ1v) is 6.67. The minimum Gasteiger partial charge on any atom is -0.353 e. The number of hydrogen-bond donors (Lipinski definition) is 2. The summed E-state index contributed by atoms with van der Waals surface area (Å²) in [4.78, 5) is 14.2. The van der Waals surface area contributed by atoms with Crippen molar-refractivity contribution in [2.45, 2.75) is 52.2 Å². The van der Waals surface area contributed by atoms with Crippen LogP contribution in [0.25, 0.3) is 0 Å². The lowest BCUT2D eigenvalue weighted by Crippen LogP contribution is -2.54. The second-order valence-corrected chi connectivity index (χ2v) is 5.50. The van der Waals surface area contributed by atoms with Crippen LogP contribution in [0, 0.1) is 5.92 Å². The van der Waals surface area contributed by atoms with Crippen LogP contribution in [0.5, 0.6) is 0 Å². The summed E-state index contributed by atoms with van der Waals surface area (Å²) in [7, 11) is 2.02. The lowest BCUT2D eigenvalue weighted by molar-refractivity contribution is -0.127. The molecule has 3 atom stereocenters. The van der Waals surface area contributed by atoms with Crippen LogP contribution in [0.4, 0.5) is 0 Å². The predicted octanol–water partition coefficient (Wildman–Crippen LogP) is 0.829. The van der Waals surface area contributed by atoms with Gasteiger partial charge in [-0.1, -0.05) is 6.92 Å². The Morgan fingerprint density at radius 2 is 2.00 bits per heavy atom. The summed E-state index contributed by atoms with van der Waals surface area (Å²) in [6.45, 7) is 10.3. The van der Waals surface area contributed by atoms with E-state index in [0.717, 1.165) is 19.5 Å². The number of amides is 1. The largest absolute Gasteiger partial charge is 0.353 e. The summed E-state index contributed by atoms with van der Waals surface area (Å²) >= 11 is 0. The number of likely N-dealkylation sites (tertiary alicyclic amines) is 1. The van der Waals surface area contributed by atoms with Crippen LogP contribution in [-0.2, 0) is 4.79 Å². The number of carbonyl (C=O) groups is 1. The van der Waals surface area contributed by atoms with Gasteiger partial charge in [0.1, 0.15) is 0 Å². The van der Waals surface area contributed by atoms with Crippen molar-refractivity contribution in [2.75, 3.05) is 20.1 Å². The molecule has 0 aromatic carbocycles. The van der Waals surface area contributed by atoms with E-state index in [1.807, 2.05) is 27.8 Å². The van der Waals surface area contributed by atoms with Crippen LogP contribution in [-0.4, -0.2) is 49.1 Å². The lowest BCUT2D eigenvalue weighted by Gasteiger charge is -2.39. The van der Waals surface area contributed by atoms with E-state index >= 15 is 0 Å². The maximum atomic E-state index is 11.9. The highest BCUT2D eigenvalue weighted by atomic mass is 16.2. The molecule has 3 unspecified atom stereocenters. The first kappa shape index (κ1) is 14.5. The second-order valence-electron chi connectivity index (χ2n) is 5.50. The zero-order valence-corrected chi connectivity index (χ0v) is 11.8. The molecule has 0 aromatic heterocycles. The fraction of sp³-hybridized carbons (Fsp3) is 0.923. The van der Waals surface area contributed by atoms with Crippen molar-refractivity contribution < 1.29 is 4.79 Å². The molecule has 1 aliphatic heterocycles. The summed E-state index contributed by atoms with van der Waals surface area (Å²) < 4.78 is 0. The van der Waals surface area contributed by atoms with Gasteiger partial charge < -0.3 is 10.6 Å². The Labute approximate surface area is 105 Å². The zero-order chi connectivity index (χ0) is 13.0. The highest BCUT2D eigenvalue weighted by molar-refractivity contribution is 5.81. The summed E-state index contributed by atoms with van der Waals surface area (Å²) in [5.41, 5.74) is 0. The maximum Gasteiger partial charge on any atom is 0.237 e. The van der Waals surface area contributed by atoms with Gasteiger partial charge >= 0.3 is 0 Å². The monoisotopic (exact) mass is 241 g/mol. The number of nitrogens with zero attached hydrogens (tertiary/aromatic N) is 1. The van der Waals surface area contributed by atoms with Crippen LogP contribution in [0.1, 0.15) is 34.1 Å². The van der Waals surface area contributed by atoms with E-state index in [1.165, 1.54) is 0 Å². The average molecular weight is 241 g/mol. The Balaban J connectivity index is 2.48. The summed E-state index contributed by atoms with van der Waals surface area (Å²) in [6.07, 6.45) is 1.12. The SMILES string of the molecule is CNC1CCN(C(C)C(=O)NC(C)C)CC1C. The van der Waals surface area contributed by atoms with Gasteiger partial charge in [0, 0.05) is 25.2 Å². The van der Waals surface area contributed by atoms with Gasteiger partial charge in [-0.25, -0.2) is 0 Å². The van der Waals surface area contributed by atoms with Crippen molar-refractivity contribution in [3.05, 3.63) is 0 Å². The highest BCUT2D eigenvalue weighted by Crippen LogP contribution is 2.18.